The Morgan fingerprint density at radius 3 is 2.82 bits per heavy atom. The second kappa shape index (κ2) is 6.98. The molecule has 0 bridgehead atoms. The summed E-state index contributed by atoms with van der Waals surface area (Å²) in [5, 5.41) is 19.4. The normalized spacial score (nSPS) is 10.5. The molecule has 118 valence electrons. The van der Waals surface area contributed by atoms with Gasteiger partial charge in [0.1, 0.15) is 0 Å². The Bertz CT molecular complexity index is 645. The lowest BCUT2D eigenvalue weighted by molar-refractivity contribution is -0.120. The number of nitrogens with one attached hydrogen (secondary N) is 2. The Kier molecular flexibility index (Phi) is 5.04. The molecule has 0 aliphatic carbocycles. The number of carbonyl (C=O) groups is 1. The van der Waals surface area contributed by atoms with E-state index in [2.05, 4.69) is 15.5 Å². The molecule has 6 heteroatoms. The SMILES string of the molecule is COc1cc(CCNC(=O)Cc2c(C)n[nH]c2C)ccc1O. The van der Waals surface area contributed by atoms with E-state index in [0.717, 1.165) is 22.5 Å². The molecule has 1 amide bonds. The Morgan fingerprint density at radius 1 is 1.41 bits per heavy atom. The van der Waals surface area contributed by atoms with Gasteiger partial charge in [0.15, 0.2) is 11.5 Å². The Hall–Kier alpha value is -2.50. The number of hydrogen-bond donors (Lipinski definition) is 3. The van der Waals surface area contributed by atoms with Gasteiger partial charge in [-0.25, -0.2) is 0 Å². The molecule has 0 spiro atoms. The molecule has 22 heavy (non-hydrogen) atoms. The van der Waals surface area contributed by atoms with Crippen LogP contribution in [-0.2, 0) is 17.6 Å². The lowest BCUT2D eigenvalue weighted by atomic mass is 10.1. The van der Waals surface area contributed by atoms with Crippen molar-refractivity contribution in [2.75, 3.05) is 13.7 Å². The highest BCUT2D eigenvalue weighted by atomic mass is 16.5. The molecular weight excluding hydrogens is 282 g/mol. The third kappa shape index (κ3) is 3.78. The minimum atomic E-state index is -0.0293. The van der Waals surface area contributed by atoms with E-state index in [1.165, 1.54) is 7.11 Å². The third-order valence-corrected chi connectivity index (χ3v) is 3.60. The van der Waals surface area contributed by atoms with Crippen LogP contribution in [0.5, 0.6) is 11.5 Å². The second-order valence-electron chi connectivity index (χ2n) is 5.20. The molecule has 2 aromatic rings. The zero-order valence-corrected chi connectivity index (χ0v) is 13.1. The number of benzene rings is 1. The molecule has 2 rings (SSSR count). The maximum atomic E-state index is 12.0. The number of H-pyrrole nitrogens is 1. The molecule has 1 heterocycles. The number of ether oxygens (including phenoxy) is 1. The predicted molar refractivity (Wildman–Crippen MR) is 83.1 cm³/mol. The quantitative estimate of drug-likeness (QED) is 0.757. The Balaban J connectivity index is 1.85. The van der Waals surface area contributed by atoms with Gasteiger partial charge in [0, 0.05) is 17.8 Å². The summed E-state index contributed by atoms with van der Waals surface area (Å²) in [6.07, 6.45) is 0.999. The first-order chi connectivity index (χ1) is 10.5. The number of rotatable bonds is 6. The summed E-state index contributed by atoms with van der Waals surface area (Å²) >= 11 is 0. The van der Waals surface area contributed by atoms with Crippen molar-refractivity contribution >= 4 is 5.91 Å². The number of phenolic OH excluding ortho intramolecular Hbond substituents is 1. The van der Waals surface area contributed by atoms with E-state index in [9.17, 15) is 9.90 Å². The minimum absolute atomic E-state index is 0.0293. The van der Waals surface area contributed by atoms with Crippen LogP contribution in [0.15, 0.2) is 18.2 Å². The molecule has 0 saturated heterocycles. The van der Waals surface area contributed by atoms with Gasteiger partial charge in [-0.05, 0) is 38.0 Å². The molecule has 0 saturated carbocycles. The van der Waals surface area contributed by atoms with E-state index in [4.69, 9.17) is 4.74 Å². The molecule has 1 aromatic carbocycles. The zero-order chi connectivity index (χ0) is 16.1. The van der Waals surface area contributed by atoms with Crippen molar-refractivity contribution in [1.82, 2.24) is 15.5 Å². The number of nitrogens with zero attached hydrogens (tertiary/aromatic N) is 1. The highest BCUT2D eigenvalue weighted by molar-refractivity contribution is 5.79. The zero-order valence-electron chi connectivity index (χ0n) is 13.1. The van der Waals surface area contributed by atoms with Gasteiger partial charge in [-0.3, -0.25) is 9.89 Å². The first kappa shape index (κ1) is 15.9. The van der Waals surface area contributed by atoms with Gasteiger partial charge in [0.05, 0.1) is 19.2 Å². The van der Waals surface area contributed by atoms with Crippen molar-refractivity contribution < 1.29 is 14.6 Å². The van der Waals surface area contributed by atoms with Gasteiger partial charge in [0.25, 0.3) is 0 Å². The molecule has 0 atom stereocenters. The van der Waals surface area contributed by atoms with E-state index < -0.39 is 0 Å². The molecule has 0 unspecified atom stereocenters. The Labute approximate surface area is 129 Å². The van der Waals surface area contributed by atoms with E-state index in [0.29, 0.717) is 25.1 Å². The van der Waals surface area contributed by atoms with Crippen LogP contribution in [0.2, 0.25) is 0 Å². The van der Waals surface area contributed by atoms with Crippen LogP contribution < -0.4 is 10.1 Å². The van der Waals surface area contributed by atoms with Crippen molar-refractivity contribution in [2.24, 2.45) is 0 Å². The average Bonchev–Trinajstić information content (AvgIpc) is 2.81. The Morgan fingerprint density at radius 2 is 2.18 bits per heavy atom. The molecule has 0 aliphatic heterocycles. The molecule has 3 N–H and O–H groups in total. The van der Waals surface area contributed by atoms with Crippen molar-refractivity contribution in [3.63, 3.8) is 0 Å². The summed E-state index contributed by atoms with van der Waals surface area (Å²) in [5.74, 6) is 0.521. The molecule has 6 nitrogen and oxygen atoms in total. The number of hydrogen-bond acceptors (Lipinski definition) is 4. The molecular formula is C16H21N3O3. The highest BCUT2D eigenvalue weighted by Gasteiger charge is 2.11. The molecule has 0 aliphatic rings. The van der Waals surface area contributed by atoms with Crippen LogP contribution in [0.1, 0.15) is 22.5 Å². The van der Waals surface area contributed by atoms with Crippen molar-refractivity contribution in [2.45, 2.75) is 26.7 Å². The van der Waals surface area contributed by atoms with Crippen LogP contribution in [0.4, 0.5) is 0 Å². The maximum Gasteiger partial charge on any atom is 0.224 e. The first-order valence-corrected chi connectivity index (χ1v) is 7.14. The molecule has 1 aromatic heterocycles. The second-order valence-corrected chi connectivity index (χ2v) is 5.20. The lowest BCUT2D eigenvalue weighted by Crippen LogP contribution is -2.27. The van der Waals surface area contributed by atoms with E-state index in [1.54, 1.807) is 12.1 Å². The topological polar surface area (TPSA) is 87.2 Å². The number of aromatic nitrogens is 2. The van der Waals surface area contributed by atoms with E-state index in [1.807, 2.05) is 19.9 Å². The fourth-order valence-electron chi connectivity index (χ4n) is 2.28. The first-order valence-electron chi connectivity index (χ1n) is 7.14. The van der Waals surface area contributed by atoms with Gasteiger partial charge in [-0.15, -0.1) is 0 Å². The van der Waals surface area contributed by atoms with Gasteiger partial charge >= 0.3 is 0 Å². The maximum absolute atomic E-state index is 12.0. The van der Waals surface area contributed by atoms with Crippen LogP contribution in [-0.4, -0.2) is 34.9 Å². The van der Waals surface area contributed by atoms with Crippen LogP contribution in [0, 0.1) is 13.8 Å². The smallest absolute Gasteiger partial charge is 0.224 e. The summed E-state index contributed by atoms with van der Waals surface area (Å²) in [6, 6.07) is 5.18. The van der Waals surface area contributed by atoms with Gasteiger partial charge in [-0.2, -0.15) is 5.10 Å². The van der Waals surface area contributed by atoms with E-state index >= 15 is 0 Å². The highest BCUT2D eigenvalue weighted by Crippen LogP contribution is 2.26. The summed E-state index contributed by atoms with van der Waals surface area (Å²) < 4.78 is 5.06. The summed E-state index contributed by atoms with van der Waals surface area (Å²) in [4.78, 5) is 12.0. The van der Waals surface area contributed by atoms with Crippen molar-refractivity contribution in [3.05, 3.63) is 40.7 Å². The monoisotopic (exact) mass is 303 g/mol. The summed E-state index contributed by atoms with van der Waals surface area (Å²) in [5.41, 5.74) is 3.72. The standard InChI is InChI=1S/C16H21N3O3/c1-10-13(11(2)19-18-10)9-16(21)17-7-6-12-4-5-14(20)15(8-12)22-3/h4-5,8,20H,6-7,9H2,1-3H3,(H,17,21)(H,18,19). The van der Waals surface area contributed by atoms with Crippen LogP contribution in [0.3, 0.4) is 0 Å². The number of aryl methyl sites for hydroxylation is 2. The van der Waals surface area contributed by atoms with Gasteiger partial charge < -0.3 is 15.2 Å². The fraction of sp³-hybridized carbons (Fsp3) is 0.375. The number of amides is 1. The fourth-order valence-corrected chi connectivity index (χ4v) is 2.28. The largest absolute Gasteiger partial charge is 0.504 e. The average molecular weight is 303 g/mol. The van der Waals surface area contributed by atoms with Crippen molar-refractivity contribution in [3.8, 4) is 11.5 Å². The number of carbonyl (C=O) groups excluding carboxylic acids is 1. The van der Waals surface area contributed by atoms with Crippen molar-refractivity contribution in [1.29, 1.82) is 0 Å². The number of aromatic hydroxyl groups is 1. The van der Waals surface area contributed by atoms with E-state index in [-0.39, 0.29) is 11.7 Å². The summed E-state index contributed by atoms with van der Waals surface area (Å²) in [7, 11) is 1.51. The number of aromatic amines is 1. The summed E-state index contributed by atoms with van der Waals surface area (Å²) in [6.45, 7) is 4.32. The van der Waals surface area contributed by atoms with Crippen LogP contribution >= 0.6 is 0 Å². The van der Waals surface area contributed by atoms with Gasteiger partial charge in [-0.1, -0.05) is 6.07 Å². The minimum Gasteiger partial charge on any atom is -0.504 e. The number of phenols is 1. The lowest BCUT2D eigenvalue weighted by Gasteiger charge is -2.08. The van der Waals surface area contributed by atoms with Gasteiger partial charge in [0.2, 0.25) is 5.91 Å². The number of methoxy groups -OCH3 is 1. The third-order valence-electron chi connectivity index (χ3n) is 3.60. The molecule has 0 fully saturated rings. The molecule has 0 radical (unpaired) electrons. The van der Waals surface area contributed by atoms with Crippen LogP contribution in [0.25, 0.3) is 0 Å². The predicted octanol–water partition coefficient (Wildman–Crippen LogP) is 1.64.